The lowest BCUT2D eigenvalue weighted by molar-refractivity contribution is 0.0350. The highest BCUT2D eigenvalue weighted by Gasteiger charge is 2.24. The van der Waals surface area contributed by atoms with Crippen LogP contribution >= 0.6 is 0 Å². The third kappa shape index (κ3) is 3.84. The van der Waals surface area contributed by atoms with E-state index in [1.165, 1.54) is 0 Å². The summed E-state index contributed by atoms with van der Waals surface area (Å²) in [7, 11) is 1.73. The maximum atomic E-state index is 12.7. The first kappa shape index (κ1) is 15.6. The fraction of sp³-hybridized carbons (Fsp3) is 0.471. The molecule has 0 aromatic heterocycles. The highest BCUT2D eigenvalue weighted by Crippen LogP contribution is 2.18. The second-order valence-corrected chi connectivity index (χ2v) is 5.28. The Labute approximate surface area is 126 Å². The highest BCUT2D eigenvalue weighted by atomic mass is 16.5. The second kappa shape index (κ2) is 7.26. The molecule has 4 nitrogen and oxygen atoms in total. The Kier molecular flexibility index (Phi) is 5.38. The van der Waals surface area contributed by atoms with Crippen molar-refractivity contribution in [1.29, 1.82) is 0 Å². The van der Waals surface area contributed by atoms with Crippen LogP contribution in [0.5, 0.6) is 0 Å². The van der Waals surface area contributed by atoms with Gasteiger partial charge >= 0.3 is 0 Å². The van der Waals surface area contributed by atoms with Gasteiger partial charge in [0.05, 0.1) is 18.2 Å². The van der Waals surface area contributed by atoms with E-state index in [1.807, 2.05) is 30.0 Å². The van der Waals surface area contributed by atoms with Gasteiger partial charge in [0.25, 0.3) is 5.91 Å². The number of carbonyl (C=O) groups excluding carboxylic acids is 1. The number of benzene rings is 1. The van der Waals surface area contributed by atoms with Gasteiger partial charge in [0, 0.05) is 25.8 Å². The zero-order valence-corrected chi connectivity index (χ0v) is 12.7. The molecule has 1 aromatic rings. The molecule has 0 saturated carbocycles. The van der Waals surface area contributed by atoms with Crippen LogP contribution in [-0.4, -0.2) is 43.7 Å². The first-order valence-electron chi connectivity index (χ1n) is 7.27. The van der Waals surface area contributed by atoms with E-state index in [1.54, 1.807) is 7.11 Å². The van der Waals surface area contributed by atoms with E-state index in [9.17, 15) is 4.79 Å². The minimum absolute atomic E-state index is 0.0505. The van der Waals surface area contributed by atoms with E-state index >= 15 is 0 Å². The average molecular weight is 286 g/mol. The van der Waals surface area contributed by atoms with Crippen LogP contribution in [0.2, 0.25) is 0 Å². The number of hydrogen-bond donors (Lipinski definition) is 1. The molecule has 4 heteroatoms. The number of ether oxygens (including phenoxy) is 1. The number of methoxy groups -OCH3 is 1. The predicted molar refractivity (Wildman–Crippen MR) is 83.0 cm³/mol. The molecule has 1 fully saturated rings. The summed E-state index contributed by atoms with van der Waals surface area (Å²) in [4.78, 5) is 14.6. The Morgan fingerprint density at radius 1 is 1.43 bits per heavy atom. The smallest absolute Gasteiger partial charge is 0.255 e. The Hall–Kier alpha value is -1.83. The van der Waals surface area contributed by atoms with Crippen LogP contribution in [0.3, 0.4) is 0 Å². The van der Waals surface area contributed by atoms with Crippen molar-refractivity contribution in [3.8, 4) is 11.8 Å². The molecule has 0 radical (unpaired) electrons. The molecule has 112 valence electrons. The molecule has 1 aromatic carbocycles. The van der Waals surface area contributed by atoms with Crippen molar-refractivity contribution in [2.75, 3.05) is 26.7 Å². The Morgan fingerprint density at radius 3 is 2.76 bits per heavy atom. The maximum Gasteiger partial charge on any atom is 0.255 e. The number of carbonyl (C=O) groups is 1. The second-order valence-electron chi connectivity index (χ2n) is 5.28. The molecule has 0 aliphatic carbocycles. The topological polar surface area (TPSA) is 55.6 Å². The molecular formula is C17H22N2O2. The summed E-state index contributed by atoms with van der Waals surface area (Å²) in [5.74, 6) is 5.87. The third-order valence-corrected chi connectivity index (χ3v) is 3.79. The summed E-state index contributed by atoms with van der Waals surface area (Å²) in [5.41, 5.74) is 7.91. The monoisotopic (exact) mass is 286 g/mol. The van der Waals surface area contributed by atoms with E-state index < -0.39 is 0 Å². The first-order chi connectivity index (χ1) is 10.2. The molecule has 0 unspecified atom stereocenters. The number of likely N-dealkylation sites (tertiary alicyclic amines) is 1. The molecule has 0 bridgehead atoms. The normalized spacial score (nSPS) is 15.5. The number of rotatable bonds is 2. The van der Waals surface area contributed by atoms with Gasteiger partial charge in [-0.05, 0) is 31.9 Å². The van der Waals surface area contributed by atoms with Crippen molar-refractivity contribution < 1.29 is 9.53 Å². The van der Waals surface area contributed by atoms with Crippen molar-refractivity contribution in [1.82, 2.24) is 4.90 Å². The van der Waals surface area contributed by atoms with Crippen molar-refractivity contribution in [3.05, 3.63) is 34.9 Å². The molecule has 0 atom stereocenters. The van der Waals surface area contributed by atoms with E-state index in [0.717, 1.165) is 37.1 Å². The molecule has 1 saturated heterocycles. The molecule has 1 amide bonds. The number of piperidine rings is 1. The molecule has 2 N–H and O–H groups in total. The Morgan fingerprint density at radius 2 is 2.14 bits per heavy atom. The third-order valence-electron chi connectivity index (χ3n) is 3.79. The van der Waals surface area contributed by atoms with Crippen LogP contribution in [0, 0.1) is 18.8 Å². The van der Waals surface area contributed by atoms with Gasteiger partial charge in [-0.25, -0.2) is 0 Å². The van der Waals surface area contributed by atoms with Crippen molar-refractivity contribution in [2.24, 2.45) is 5.73 Å². The molecule has 1 aliphatic heterocycles. The molecule has 0 spiro atoms. The van der Waals surface area contributed by atoms with E-state index in [0.29, 0.717) is 12.1 Å². The Balaban J connectivity index is 2.20. The fourth-order valence-electron chi connectivity index (χ4n) is 2.56. The van der Waals surface area contributed by atoms with E-state index in [2.05, 4.69) is 11.8 Å². The molecule has 1 heterocycles. The van der Waals surface area contributed by atoms with Crippen LogP contribution in [0.15, 0.2) is 18.2 Å². The van der Waals surface area contributed by atoms with Gasteiger partial charge in [0.1, 0.15) is 0 Å². The minimum Gasteiger partial charge on any atom is -0.381 e. The largest absolute Gasteiger partial charge is 0.381 e. The molecule has 1 aliphatic rings. The lowest BCUT2D eigenvalue weighted by Crippen LogP contribution is -2.40. The van der Waals surface area contributed by atoms with Crippen molar-refractivity contribution in [2.45, 2.75) is 25.9 Å². The van der Waals surface area contributed by atoms with Crippen LogP contribution < -0.4 is 5.73 Å². The summed E-state index contributed by atoms with van der Waals surface area (Å²) in [6, 6.07) is 5.77. The van der Waals surface area contributed by atoms with Gasteiger partial charge < -0.3 is 15.4 Å². The zero-order valence-electron chi connectivity index (χ0n) is 12.7. The quantitative estimate of drug-likeness (QED) is 0.839. The van der Waals surface area contributed by atoms with Gasteiger partial charge in [0.15, 0.2) is 0 Å². The zero-order chi connectivity index (χ0) is 15.2. The molecule has 2 rings (SSSR count). The first-order valence-corrected chi connectivity index (χ1v) is 7.27. The lowest BCUT2D eigenvalue weighted by Gasteiger charge is -2.31. The van der Waals surface area contributed by atoms with Gasteiger partial charge in [-0.15, -0.1) is 0 Å². The van der Waals surface area contributed by atoms with Crippen molar-refractivity contribution >= 4 is 5.91 Å². The summed E-state index contributed by atoms with van der Waals surface area (Å²) < 4.78 is 5.35. The predicted octanol–water partition coefficient (Wildman–Crippen LogP) is 1.56. The van der Waals surface area contributed by atoms with E-state index in [-0.39, 0.29) is 12.0 Å². The highest BCUT2D eigenvalue weighted by molar-refractivity contribution is 5.97. The fourth-order valence-corrected chi connectivity index (χ4v) is 2.56. The van der Waals surface area contributed by atoms with Gasteiger partial charge in [-0.1, -0.05) is 23.5 Å². The summed E-state index contributed by atoms with van der Waals surface area (Å²) in [5, 5.41) is 0. The number of nitrogens with two attached hydrogens (primary N) is 1. The van der Waals surface area contributed by atoms with Crippen LogP contribution in [0.1, 0.15) is 34.3 Å². The summed E-state index contributed by atoms with van der Waals surface area (Å²) in [6.07, 6.45) is 2.04. The van der Waals surface area contributed by atoms with Crippen LogP contribution in [0.25, 0.3) is 0 Å². The molecule has 21 heavy (non-hydrogen) atoms. The summed E-state index contributed by atoms with van der Waals surface area (Å²) >= 11 is 0. The van der Waals surface area contributed by atoms with Crippen molar-refractivity contribution in [3.63, 3.8) is 0 Å². The maximum absolute atomic E-state index is 12.7. The molecular weight excluding hydrogens is 264 g/mol. The number of nitrogens with zero attached hydrogens (tertiary/aromatic N) is 1. The standard InChI is InChI=1S/C17H22N2O2/c1-13-5-6-14(4-3-9-18)16(12-13)17(20)19-10-7-15(21-2)8-11-19/h5-6,12,15H,7-11,18H2,1-2H3. The lowest BCUT2D eigenvalue weighted by atomic mass is 10.0. The number of amides is 1. The van der Waals surface area contributed by atoms with Crippen LogP contribution in [-0.2, 0) is 4.74 Å². The van der Waals surface area contributed by atoms with Gasteiger partial charge in [0.2, 0.25) is 0 Å². The minimum atomic E-state index is 0.0505. The SMILES string of the molecule is COC1CCN(C(=O)c2cc(C)ccc2C#CCN)CC1. The van der Waals surface area contributed by atoms with Gasteiger partial charge in [-0.2, -0.15) is 0 Å². The van der Waals surface area contributed by atoms with E-state index in [4.69, 9.17) is 10.5 Å². The number of hydrogen-bond acceptors (Lipinski definition) is 3. The Bertz CT molecular complexity index is 564. The average Bonchev–Trinajstić information content (AvgIpc) is 2.53. The summed E-state index contributed by atoms with van der Waals surface area (Å²) in [6.45, 7) is 3.74. The number of aryl methyl sites for hydroxylation is 1. The van der Waals surface area contributed by atoms with Crippen LogP contribution in [0.4, 0.5) is 0 Å². The van der Waals surface area contributed by atoms with Gasteiger partial charge in [-0.3, -0.25) is 4.79 Å².